The molecule has 4 rings (SSSR count). The highest BCUT2D eigenvalue weighted by Gasteiger charge is 2.23. The van der Waals surface area contributed by atoms with Crippen LogP contribution in [0.5, 0.6) is 0 Å². The Hall–Kier alpha value is -3.01. The molecule has 1 heterocycles. The van der Waals surface area contributed by atoms with E-state index in [1.54, 1.807) is 37.5 Å². The Labute approximate surface area is 151 Å². The maximum atomic E-state index is 12.7. The summed E-state index contributed by atoms with van der Waals surface area (Å²) < 4.78 is 5.47. The van der Waals surface area contributed by atoms with Gasteiger partial charge in [-0.2, -0.15) is 0 Å². The first-order chi connectivity index (χ1) is 12.6. The molecule has 4 nitrogen and oxygen atoms in total. The largest absolute Gasteiger partial charge is 0.451 e. The van der Waals surface area contributed by atoms with Crippen LogP contribution in [-0.4, -0.2) is 22.8 Å². The molecule has 26 heavy (non-hydrogen) atoms. The van der Waals surface area contributed by atoms with Crippen molar-refractivity contribution in [1.82, 2.24) is 4.98 Å². The van der Waals surface area contributed by atoms with E-state index >= 15 is 0 Å². The van der Waals surface area contributed by atoms with Gasteiger partial charge in [0.1, 0.15) is 0 Å². The van der Waals surface area contributed by atoms with Crippen LogP contribution < -0.4 is 0 Å². The van der Waals surface area contributed by atoms with Gasteiger partial charge >= 0.3 is 5.97 Å². The van der Waals surface area contributed by atoms with Gasteiger partial charge in [0.2, 0.25) is 5.78 Å². The average molecular weight is 345 g/mol. The SMILES string of the molecule is CC(OC(=O)c1cccc2cnccc12)C(=O)c1ccc2c(c1)CCC2. The van der Waals surface area contributed by atoms with Gasteiger partial charge in [-0.1, -0.05) is 24.3 Å². The third-order valence-electron chi connectivity index (χ3n) is 4.94. The molecule has 0 saturated carbocycles. The minimum Gasteiger partial charge on any atom is -0.451 e. The Morgan fingerprint density at radius 2 is 1.92 bits per heavy atom. The number of ether oxygens (including phenoxy) is 1. The third kappa shape index (κ3) is 2.99. The van der Waals surface area contributed by atoms with E-state index in [0.29, 0.717) is 11.1 Å². The van der Waals surface area contributed by atoms with Gasteiger partial charge in [-0.05, 0) is 60.9 Å². The second kappa shape index (κ2) is 6.71. The lowest BCUT2D eigenvalue weighted by molar-refractivity contribution is 0.0320. The summed E-state index contributed by atoms with van der Waals surface area (Å²) in [6, 6.07) is 12.9. The zero-order chi connectivity index (χ0) is 18.1. The molecular weight excluding hydrogens is 326 g/mol. The van der Waals surface area contributed by atoms with E-state index < -0.39 is 12.1 Å². The minimum atomic E-state index is -0.834. The number of ketones is 1. The topological polar surface area (TPSA) is 56.3 Å². The molecule has 0 amide bonds. The van der Waals surface area contributed by atoms with E-state index in [4.69, 9.17) is 4.74 Å². The maximum absolute atomic E-state index is 12.7. The molecule has 0 bridgehead atoms. The lowest BCUT2D eigenvalue weighted by atomic mass is 10.0. The van der Waals surface area contributed by atoms with Crippen LogP contribution in [0.15, 0.2) is 54.9 Å². The Morgan fingerprint density at radius 1 is 1.08 bits per heavy atom. The molecule has 0 N–H and O–H groups in total. The Kier molecular flexibility index (Phi) is 4.25. The first-order valence-corrected chi connectivity index (χ1v) is 8.83. The van der Waals surface area contributed by atoms with Gasteiger partial charge in [-0.25, -0.2) is 4.79 Å². The van der Waals surface area contributed by atoms with Crippen LogP contribution in [0.3, 0.4) is 0 Å². The number of rotatable bonds is 4. The van der Waals surface area contributed by atoms with E-state index in [2.05, 4.69) is 4.98 Å². The highest BCUT2D eigenvalue weighted by molar-refractivity contribution is 6.06. The Morgan fingerprint density at radius 3 is 2.81 bits per heavy atom. The monoisotopic (exact) mass is 345 g/mol. The van der Waals surface area contributed by atoms with Crippen LogP contribution in [-0.2, 0) is 17.6 Å². The molecular formula is C22H19NO3. The summed E-state index contributed by atoms with van der Waals surface area (Å²) in [6.07, 6.45) is 5.72. The molecule has 0 aliphatic heterocycles. The number of aromatic nitrogens is 1. The first kappa shape index (κ1) is 16.5. The predicted molar refractivity (Wildman–Crippen MR) is 99.4 cm³/mol. The lowest BCUT2D eigenvalue weighted by Crippen LogP contribution is -2.24. The highest BCUT2D eigenvalue weighted by Crippen LogP contribution is 2.24. The van der Waals surface area contributed by atoms with Crippen molar-refractivity contribution < 1.29 is 14.3 Å². The van der Waals surface area contributed by atoms with Crippen molar-refractivity contribution in [1.29, 1.82) is 0 Å². The van der Waals surface area contributed by atoms with E-state index in [0.717, 1.165) is 30.0 Å². The molecule has 1 aliphatic rings. The van der Waals surface area contributed by atoms with Crippen molar-refractivity contribution >= 4 is 22.5 Å². The average Bonchev–Trinajstić information content (AvgIpc) is 3.14. The van der Waals surface area contributed by atoms with Gasteiger partial charge in [0.05, 0.1) is 5.56 Å². The number of carbonyl (C=O) groups is 2. The van der Waals surface area contributed by atoms with Crippen molar-refractivity contribution in [2.24, 2.45) is 0 Å². The summed E-state index contributed by atoms with van der Waals surface area (Å²) in [4.78, 5) is 29.3. The van der Waals surface area contributed by atoms with Crippen LogP contribution in [0.1, 0.15) is 45.2 Å². The molecule has 1 unspecified atom stereocenters. The third-order valence-corrected chi connectivity index (χ3v) is 4.94. The predicted octanol–water partition coefficient (Wildman–Crippen LogP) is 4.15. The summed E-state index contributed by atoms with van der Waals surface area (Å²) in [7, 11) is 0. The van der Waals surface area contributed by atoms with Crippen molar-refractivity contribution in [3.63, 3.8) is 0 Å². The molecule has 3 aromatic rings. The zero-order valence-electron chi connectivity index (χ0n) is 14.6. The van der Waals surface area contributed by atoms with Crippen LogP contribution in [0.2, 0.25) is 0 Å². The van der Waals surface area contributed by atoms with Gasteiger partial charge in [-0.3, -0.25) is 9.78 Å². The van der Waals surface area contributed by atoms with Crippen LogP contribution in [0, 0.1) is 0 Å². The van der Waals surface area contributed by atoms with Gasteiger partial charge in [0.15, 0.2) is 6.10 Å². The van der Waals surface area contributed by atoms with E-state index in [1.807, 2.05) is 24.3 Å². The molecule has 130 valence electrons. The van der Waals surface area contributed by atoms with Gasteiger partial charge in [0.25, 0.3) is 0 Å². The van der Waals surface area contributed by atoms with Crippen molar-refractivity contribution in [3.05, 3.63) is 77.1 Å². The van der Waals surface area contributed by atoms with Gasteiger partial charge in [-0.15, -0.1) is 0 Å². The van der Waals surface area contributed by atoms with E-state index in [9.17, 15) is 9.59 Å². The van der Waals surface area contributed by atoms with Gasteiger partial charge in [0, 0.05) is 23.3 Å². The van der Waals surface area contributed by atoms with Crippen molar-refractivity contribution in [2.45, 2.75) is 32.3 Å². The quantitative estimate of drug-likeness (QED) is 0.526. The first-order valence-electron chi connectivity index (χ1n) is 8.83. The fourth-order valence-corrected chi connectivity index (χ4v) is 3.54. The molecule has 0 radical (unpaired) electrons. The maximum Gasteiger partial charge on any atom is 0.339 e. The summed E-state index contributed by atoms with van der Waals surface area (Å²) in [5.74, 6) is -0.668. The number of pyridine rings is 1. The standard InChI is InChI=1S/C22H19NO3/c1-14(21(24)17-9-8-15-4-2-5-16(15)12-17)26-22(25)20-7-3-6-18-13-23-11-10-19(18)20/h3,6-14H,2,4-5H2,1H3. The second-order valence-corrected chi connectivity index (χ2v) is 6.65. The number of benzene rings is 2. The molecule has 1 atom stereocenters. The molecule has 1 aromatic heterocycles. The van der Waals surface area contributed by atoms with Crippen LogP contribution in [0.4, 0.5) is 0 Å². The summed E-state index contributed by atoms with van der Waals surface area (Å²) in [5, 5.41) is 1.63. The molecule has 1 aliphatic carbocycles. The number of nitrogens with zero attached hydrogens (tertiary/aromatic N) is 1. The highest BCUT2D eigenvalue weighted by atomic mass is 16.5. The van der Waals surface area contributed by atoms with Crippen molar-refractivity contribution in [2.75, 3.05) is 0 Å². The number of Topliss-reactive ketones (excluding diaryl/α,β-unsaturated/α-hetero) is 1. The van der Waals surface area contributed by atoms with Crippen LogP contribution in [0.25, 0.3) is 10.8 Å². The molecule has 0 fully saturated rings. The zero-order valence-corrected chi connectivity index (χ0v) is 14.6. The number of fused-ring (bicyclic) bond motifs is 2. The molecule has 0 spiro atoms. The Balaban J connectivity index is 1.54. The molecule has 0 saturated heterocycles. The fraction of sp³-hybridized carbons (Fsp3) is 0.227. The number of carbonyl (C=O) groups excluding carboxylic acids is 2. The smallest absolute Gasteiger partial charge is 0.339 e. The van der Waals surface area contributed by atoms with E-state index in [1.165, 1.54) is 11.1 Å². The second-order valence-electron chi connectivity index (χ2n) is 6.65. The van der Waals surface area contributed by atoms with Crippen molar-refractivity contribution in [3.8, 4) is 0 Å². The number of esters is 1. The van der Waals surface area contributed by atoms with Crippen LogP contribution >= 0.6 is 0 Å². The molecule has 4 heteroatoms. The van der Waals surface area contributed by atoms with Gasteiger partial charge < -0.3 is 4.74 Å². The fourth-order valence-electron chi connectivity index (χ4n) is 3.54. The Bertz CT molecular complexity index is 1000. The number of aryl methyl sites for hydroxylation is 2. The number of hydrogen-bond donors (Lipinski definition) is 0. The normalized spacial score (nSPS) is 14.0. The minimum absolute atomic E-state index is 0.171. The summed E-state index contributed by atoms with van der Waals surface area (Å²) in [5.41, 5.74) is 3.60. The molecule has 2 aromatic carbocycles. The number of hydrogen-bond acceptors (Lipinski definition) is 4. The summed E-state index contributed by atoms with van der Waals surface area (Å²) >= 11 is 0. The lowest BCUT2D eigenvalue weighted by Gasteiger charge is -2.14. The van der Waals surface area contributed by atoms with E-state index in [-0.39, 0.29) is 5.78 Å². The summed E-state index contributed by atoms with van der Waals surface area (Å²) in [6.45, 7) is 1.63.